The van der Waals surface area contributed by atoms with Gasteiger partial charge in [-0.15, -0.1) is 0 Å². The van der Waals surface area contributed by atoms with Crippen LogP contribution in [0.25, 0.3) is 11.1 Å². The van der Waals surface area contributed by atoms with Crippen LogP contribution in [0.3, 0.4) is 0 Å². The topological polar surface area (TPSA) is 0 Å². The first-order valence-electron chi connectivity index (χ1n) is 6.83. The first-order valence-corrected chi connectivity index (χ1v) is 6.83. The molecule has 0 aliphatic heterocycles. The van der Waals surface area contributed by atoms with Gasteiger partial charge < -0.3 is 0 Å². The van der Waals surface area contributed by atoms with Crippen molar-refractivity contribution in [1.29, 1.82) is 0 Å². The second kappa shape index (κ2) is 6.72. The van der Waals surface area contributed by atoms with Gasteiger partial charge in [-0.3, -0.25) is 0 Å². The van der Waals surface area contributed by atoms with Crippen molar-refractivity contribution in [2.75, 3.05) is 0 Å². The van der Waals surface area contributed by atoms with E-state index in [0.29, 0.717) is 0 Å². The molecule has 0 unspecified atom stereocenters. The molecule has 0 heterocycles. The van der Waals surface area contributed by atoms with Gasteiger partial charge in [0.25, 0.3) is 0 Å². The average Bonchev–Trinajstić information content (AvgIpc) is 2.48. The summed E-state index contributed by atoms with van der Waals surface area (Å²) in [4.78, 5) is 0. The number of hydrogen-bond acceptors (Lipinski definition) is 0. The summed E-state index contributed by atoms with van der Waals surface area (Å²) in [5, 5.41) is 0. The molecule has 100 valence electrons. The van der Waals surface area contributed by atoms with Crippen molar-refractivity contribution in [3.05, 3.63) is 96.1 Å². The molecule has 2 aromatic rings. The summed E-state index contributed by atoms with van der Waals surface area (Å²) < 4.78 is 0. The summed E-state index contributed by atoms with van der Waals surface area (Å²) in [5.41, 5.74) is 5.96. The Labute approximate surface area is 121 Å². The Morgan fingerprint density at radius 3 is 2.20 bits per heavy atom. The van der Waals surface area contributed by atoms with E-state index >= 15 is 0 Å². The Balaban J connectivity index is 2.06. The summed E-state index contributed by atoms with van der Waals surface area (Å²) in [6, 6.07) is 18.8. The van der Waals surface area contributed by atoms with Crippen LogP contribution >= 0.6 is 0 Å². The molecule has 0 radical (unpaired) electrons. The third-order valence-electron chi connectivity index (χ3n) is 3.30. The fourth-order valence-electron chi connectivity index (χ4n) is 1.97. The molecule has 0 bridgehead atoms. The van der Waals surface area contributed by atoms with Crippen LogP contribution in [0.15, 0.2) is 79.4 Å². The molecule has 0 N–H and O–H groups in total. The zero-order valence-electron chi connectivity index (χ0n) is 12.1. The van der Waals surface area contributed by atoms with Crippen LogP contribution in [0.4, 0.5) is 0 Å². The second-order valence-electron chi connectivity index (χ2n) is 4.97. The van der Waals surface area contributed by atoms with Crippen molar-refractivity contribution in [3.8, 4) is 0 Å². The van der Waals surface area contributed by atoms with E-state index < -0.39 is 0 Å². The lowest BCUT2D eigenvalue weighted by molar-refractivity contribution is 1.46. The molecule has 0 saturated carbocycles. The molecular weight excluding hydrogens is 240 g/mol. The molecule has 2 aromatic carbocycles. The van der Waals surface area contributed by atoms with Gasteiger partial charge in [0.1, 0.15) is 0 Å². The number of benzene rings is 2. The number of allylic oxidation sites excluding steroid dienone is 5. The van der Waals surface area contributed by atoms with Crippen LogP contribution in [0.2, 0.25) is 0 Å². The van der Waals surface area contributed by atoms with Crippen LogP contribution in [0.1, 0.15) is 23.6 Å². The highest BCUT2D eigenvalue weighted by Gasteiger charge is 1.94. The van der Waals surface area contributed by atoms with E-state index in [4.69, 9.17) is 0 Å². The standard InChI is InChI=1S/C20H20/c1-16-12-14-20(15-13-16)18(3)9-7-8-17(2)19-10-5-4-6-11-19/h4-15H,3H2,1-2H3/b9-7-,17-8+. The molecule has 0 aliphatic carbocycles. The Morgan fingerprint density at radius 1 is 0.900 bits per heavy atom. The fraction of sp³-hybridized carbons (Fsp3) is 0.100. The van der Waals surface area contributed by atoms with Crippen molar-refractivity contribution in [2.24, 2.45) is 0 Å². The highest BCUT2D eigenvalue weighted by molar-refractivity contribution is 5.73. The Hall–Kier alpha value is -2.34. The zero-order valence-corrected chi connectivity index (χ0v) is 12.1. The molecule has 0 aromatic heterocycles. The zero-order chi connectivity index (χ0) is 14.4. The Morgan fingerprint density at radius 2 is 1.55 bits per heavy atom. The molecule has 2 rings (SSSR count). The van der Waals surface area contributed by atoms with Crippen LogP contribution < -0.4 is 0 Å². The van der Waals surface area contributed by atoms with Gasteiger partial charge in [-0.1, -0.05) is 85.0 Å². The second-order valence-corrected chi connectivity index (χ2v) is 4.97. The molecule has 0 heteroatoms. The van der Waals surface area contributed by atoms with Gasteiger partial charge in [-0.2, -0.15) is 0 Å². The van der Waals surface area contributed by atoms with Crippen molar-refractivity contribution in [3.63, 3.8) is 0 Å². The third kappa shape index (κ3) is 3.83. The molecule has 0 nitrogen and oxygen atoms in total. The SMILES string of the molecule is C=C(/C=C\C=C(/C)c1ccccc1)c1ccc(C)cc1. The van der Waals surface area contributed by atoms with Crippen molar-refractivity contribution < 1.29 is 0 Å². The predicted octanol–water partition coefficient (Wildman–Crippen LogP) is 5.67. The van der Waals surface area contributed by atoms with E-state index in [1.807, 2.05) is 6.07 Å². The maximum absolute atomic E-state index is 4.11. The fourth-order valence-corrected chi connectivity index (χ4v) is 1.97. The van der Waals surface area contributed by atoms with E-state index in [1.165, 1.54) is 16.7 Å². The normalized spacial score (nSPS) is 11.8. The minimum absolute atomic E-state index is 1.03. The lowest BCUT2D eigenvalue weighted by atomic mass is 10.0. The smallest absolute Gasteiger partial charge is 0.0190 e. The van der Waals surface area contributed by atoms with E-state index in [9.17, 15) is 0 Å². The van der Waals surface area contributed by atoms with Gasteiger partial charge in [-0.05, 0) is 36.1 Å². The molecule has 0 spiro atoms. The summed E-state index contributed by atoms with van der Waals surface area (Å²) in [7, 11) is 0. The van der Waals surface area contributed by atoms with Crippen LogP contribution in [0, 0.1) is 6.92 Å². The van der Waals surface area contributed by atoms with E-state index in [2.05, 4.69) is 87.2 Å². The third-order valence-corrected chi connectivity index (χ3v) is 3.30. The first kappa shape index (κ1) is 14.1. The summed E-state index contributed by atoms with van der Waals surface area (Å²) in [5.74, 6) is 0. The number of hydrogen-bond donors (Lipinski definition) is 0. The quantitative estimate of drug-likeness (QED) is 0.621. The van der Waals surface area contributed by atoms with Crippen LogP contribution in [-0.4, -0.2) is 0 Å². The monoisotopic (exact) mass is 260 g/mol. The van der Waals surface area contributed by atoms with Crippen molar-refractivity contribution >= 4 is 11.1 Å². The highest BCUT2D eigenvalue weighted by atomic mass is 14.0. The van der Waals surface area contributed by atoms with Crippen molar-refractivity contribution in [1.82, 2.24) is 0 Å². The van der Waals surface area contributed by atoms with Crippen LogP contribution in [-0.2, 0) is 0 Å². The summed E-state index contributed by atoms with van der Waals surface area (Å²) in [6.45, 7) is 8.32. The van der Waals surface area contributed by atoms with Gasteiger partial charge in [0, 0.05) is 0 Å². The van der Waals surface area contributed by atoms with Gasteiger partial charge in [0.2, 0.25) is 0 Å². The molecule has 20 heavy (non-hydrogen) atoms. The molecule has 0 amide bonds. The van der Waals surface area contributed by atoms with Gasteiger partial charge in [0.15, 0.2) is 0 Å². The van der Waals surface area contributed by atoms with E-state index in [0.717, 1.165) is 11.1 Å². The van der Waals surface area contributed by atoms with E-state index in [-0.39, 0.29) is 0 Å². The maximum atomic E-state index is 4.11. The maximum Gasteiger partial charge on any atom is -0.0190 e. The summed E-state index contributed by atoms with van der Waals surface area (Å²) in [6.07, 6.45) is 6.23. The Kier molecular flexibility index (Phi) is 4.73. The molecule has 0 saturated heterocycles. The van der Waals surface area contributed by atoms with Gasteiger partial charge in [-0.25, -0.2) is 0 Å². The van der Waals surface area contributed by atoms with Gasteiger partial charge >= 0.3 is 0 Å². The lowest BCUT2D eigenvalue weighted by Gasteiger charge is -2.01. The van der Waals surface area contributed by atoms with E-state index in [1.54, 1.807) is 0 Å². The highest BCUT2D eigenvalue weighted by Crippen LogP contribution is 2.16. The number of aryl methyl sites for hydroxylation is 1. The van der Waals surface area contributed by atoms with Crippen molar-refractivity contribution in [2.45, 2.75) is 13.8 Å². The van der Waals surface area contributed by atoms with Gasteiger partial charge in [0.05, 0.1) is 0 Å². The molecule has 0 atom stereocenters. The first-order chi connectivity index (χ1) is 9.66. The molecular formula is C20H20. The predicted molar refractivity (Wildman–Crippen MR) is 89.4 cm³/mol. The summed E-state index contributed by atoms with van der Waals surface area (Å²) >= 11 is 0. The lowest BCUT2D eigenvalue weighted by Crippen LogP contribution is -1.80. The Bertz CT molecular complexity index is 625. The van der Waals surface area contributed by atoms with Crippen LogP contribution in [0.5, 0.6) is 0 Å². The minimum atomic E-state index is 1.03. The molecule has 0 fully saturated rings. The number of rotatable bonds is 4. The molecule has 0 aliphatic rings. The minimum Gasteiger partial charge on any atom is -0.0912 e. The largest absolute Gasteiger partial charge is 0.0912 e. The average molecular weight is 260 g/mol.